The van der Waals surface area contributed by atoms with E-state index in [4.69, 9.17) is 5.11 Å². The fourth-order valence-electron chi connectivity index (χ4n) is 1.29. The lowest BCUT2D eigenvalue weighted by Crippen LogP contribution is -2.01. The Morgan fingerprint density at radius 2 is 2.09 bits per heavy atom. The van der Waals surface area contributed by atoms with Crippen molar-refractivity contribution in [1.82, 2.24) is 0 Å². The van der Waals surface area contributed by atoms with Crippen LogP contribution in [-0.4, -0.2) is 11.7 Å². The Hall–Kier alpha value is -0.300. The lowest BCUT2D eigenvalue weighted by molar-refractivity contribution is 0.269. The first-order chi connectivity index (χ1) is 5.20. The predicted molar refractivity (Wildman–Crippen MR) is 49.5 cm³/mol. The minimum absolute atomic E-state index is 0.326. The minimum atomic E-state index is 0.326. The van der Waals surface area contributed by atoms with Crippen molar-refractivity contribution in [2.75, 3.05) is 6.61 Å². The van der Waals surface area contributed by atoms with Gasteiger partial charge in [-0.15, -0.1) is 6.58 Å². The molecule has 0 radical (unpaired) electrons. The maximum absolute atomic E-state index is 8.59. The van der Waals surface area contributed by atoms with E-state index in [1.807, 2.05) is 6.08 Å². The van der Waals surface area contributed by atoms with Crippen LogP contribution in [0.2, 0.25) is 0 Å². The molecule has 0 aliphatic rings. The maximum Gasteiger partial charge on any atom is 0.0431 e. The molecule has 0 amide bonds. The molecule has 1 nitrogen and oxygen atoms in total. The summed E-state index contributed by atoms with van der Waals surface area (Å²) in [6, 6.07) is 0. The monoisotopic (exact) mass is 156 g/mol. The lowest BCUT2D eigenvalue weighted by atomic mass is 9.94. The summed E-state index contributed by atoms with van der Waals surface area (Å²) in [6.45, 7) is 8.49. The van der Waals surface area contributed by atoms with Gasteiger partial charge in [-0.3, -0.25) is 0 Å². The van der Waals surface area contributed by atoms with Crippen LogP contribution in [0.15, 0.2) is 12.7 Å². The van der Waals surface area contributed by atoms with Crippen LogP contribution in [0.4, 0.5) is 0 Å². The highest BCUT2D eigenvalue weighted by Crippen LogP contribution is 2.16. The zero-order chi connectivity index (χ0) is 8.69. The highest BCUT2D eigenvalue weighted by molar-refractivity contribution is 4.76. The zero-order valence-electron chi connectivity index (χ0n) is 7.71. The van der Waals surface area contributed by atoms with Gasteiger partial charge >= 0.3 is 0 Å². The van der Waals surface area contributed by atoms with Gasteiger partial charge in [0.25, 0.3) is 0 Å². The van der Waals surface area contributed by atoms with Crippen LogP contribution in [0.5, 0.6) is 0 Å². The number of aliphatic hydroxyl groups excluding tert-OH is 1. The molecule has 0 aromatic heterocycles. The van der Waals surface area contributed by atoms with E-state index in [0.717, 1.165) is 18.8 Å². The molecule has 0 unspecified atom stereocenters. The molecule has 1 N–H and O–H groups in total. The van der Waals surface area contributed by atoms with E-state index in [9.17, 15) is 0 Å². The zero-order valence-corrected chi connectivity index (χ0v) is 7.71. The van der Waals surface area contributed by atoms with Crippen molar-refractivity contribution in [3.05, 3.63) is 12.7 Å². The summed E-state index contributed by atoms with van der Waals surface area (Å²) < 4.78 is 0. The maximum atomic E-state index is 8.59. The van der Waals surface area contributed by atoms with Crippen molar-refractivity contribution in [3.63, 3.8) is 0 Å². The first kappa shape index (κ1) is 10.7. The van der Waals surface area contributed by atoms with Crippen molar-refractivity contribution in [2.24, 2.45) is 11.8 Å². The molecule has 0 aromatic rings. The molecule has 0 aliphatic heterocycles. The first-order valence-electron chi connectivity index (χ1n) is 4.44. The van der Waals surface area contributed by atoms with Gasteiger partial charge in [0, 0.05) is 6.61 Å². The molecule has 0 spiro atoms. The molecule has 0 bridgehead atoms. The summed E-state index contributed by atoms with van der Waals surface area (Å²) in [5.74, 6) is 1.33. The van der Waals surface area contributed by atoms with Crippen molar-refractivity contribution >= 4 is 0 Å². The van der Waals surface area contributed by atoms with E-state index >= 15 is 0 Å². The van der Waals surface area contributed by atoms with E-state index in [1.54, 1.807) is 0 Å². The van der Waals surface area contributed by atoms with Gasteiger partial charge in [0.2, 0.25) is 0 Å². The van der Waals surface area contributed by atoms with Crippen LogP contribution in [-0.2, 0) is 0 Å². The molecule has 0 heterocycles. The van der Waals surface area contributed by atoms with E-state index in [1.165, 1.54) is 6.42 Å². The van der Waals surface area contributed by atoms with Crippen molar-refractivity contribution in [1.29, 1.82) is 0 Å². The van der Waals surface area contributed by atoms with Gasteiger partial charge in [-0.2, -0.15) is 0 Å². The molecule has 0 rings (SSSR count). The third kappa shape index (κ3) is 6.11. The van der Waals surface area contributed by atoms with Gasteiger partial charge in [0.05, 0.1) is 0 Å². The quantitative estimate of drug-likeness (QED) is 0.586. The van der Waals surface area contributed by atoms with Crippen LogP contribution in [0.25, 0.3) is 0 Å². The van der Waals surface area contributed by atoms with Crippen molar-refractivity contribution in [3.8, 4) is 0 Å². The van der Waals surface area contributed by atoms with Gasteiger partial charge in [0.15, 0.2) is 0 Å². The third-order valence-corrected chi connectivity index (χ3v) is 2.03. The Kier molecular flexibility index (Phi) is 6.24. The number of hydrogen-bond acceptors (Lipinski definition) is 1. The number of hydrogen-bond donors (Lipinski definition) is 1. The molecule has 66 valence electrons. The first-order valence-corrected chi connectivity index (χ1v) is 4.44. The van der Waals surface area contributed by atoms with Crippen LogP contribution < -0.4 is 0 Å². The second-order valence-corrected chi connectivity index (χ2v) is 3.42. The average molecular weight is 156 g/mol. The highest BCUT2D eigenvalue weighted by Gasteiger charge is 2.04. The Morgan fingerprint density at radius 1 is 1.45 bits per heavy atom. The van der Waals surface area contributed by atoms with Gasteiger partial charge in [-0.25, -0.2) is 0 Å². The second kappa shape index (κ2) is 6.41. The van der Waals surface area contributed by atoms with Crippen LogP contribution >= 0.6 is 0 Å². The van der Waals surface area contributed by atoms with E-state index < -0.39 is 0 Å². The van der Waals surface area contributed by atoms with Crippen LogP contribution in [0.1, 0.15) is 33.1 Å². The van der Waals surface area contributed by atoms with E-state index in [-0.39, 0.29) is 0 Å². The summed E-state index contributed by atoms with van der Waals surface area (Å²) in [5.41, 5.74) is 0. The molecule has 0 aliphatic carbocycles. The standard InChI is InChI=1S/C10H20O/c1-4-9(2)8-10(3)6-5-7-11/h4,9-11H,1,5-8H2,2-3H3/t9-,10-/m0/s1. The normalized spacial score (nSPS) is 15.9. The minimum Gasteiger partial charge on any atom is -0.396 e. The predicted octanol–water partition coefficient (Wildman–Crippen LogP) is 2.61. The number of rotatable bonds is 6. The highest BCUT2D eigenvalue weighted by atomic mass is 16.2. The molecule has 1 heteroatoms. The van der Waals surface area contributed by atoms with Crippen molar-refractivity contribution < 1.29 is 5.11 Å². The second-order valence-electron chi connectivity index (χ2n) is 3.42. The van der Waals surface area contributed by atoms with Gasteiger partial charge in [-0.05, 0) is 31.1 Å². The van der Waals surface area contributed by atoms with Gasteiger partial charge in [-0.1, -0.05) is 19.9 Å². The Bertz CT molecular complexity index is 99.0. The summed E-state index contributed by atoms with van der Waals surface area (Å²) in [6.07, 6.45) is 5.26. The molecular formula is C10H20O. The molecule has 0 saturated heterocycles. The molecule has 2 atom stereocenters. The van der Waals surface area contributed by atoms with Crippen LogP contribution in [0.3, 0.4) is 0 Å². The summed E-state index contributed by atoms with van der Waals surface area (Å²) in [4.78, 5) is 0. The fourth-order valence-corrected chi connectivity index (χ4v) is 1.29. The molecular weight excluding hydrogens is 136 g/mol. The van der Waals surface area contributed by atoms with Gasteiger partial charge < -0.3 is 5.11 Å². The van der Waals surface area contributed by atoms with Crippen molar-refractivity contribution in [2.45, 2.75) is 33.1 Å². The Balaban J connectivity index is 3.34. The molecule has 0 fully saturated rings. The van der Waals surface area contributed by atoms with Crippen LogP contribution in [0, 0.1) is 11.8 Å². The topological polar surface area (TPSA) is 20.2 Å². The van der Waals surface area contributed by atoms with E-state index in [2.05, 4.69) is 20.4 Å². The third-order valence-electron chi connectivity index (χ3n) is 2.03. The number of allylic oxidation sites excluding steroid dienone is 1. The molecule has 11 heavy (non-hydrogen) atoms. The SMILES string of the molecule is C=C[C@H](C)C[C@@H](C)CCCO. The summed E-state index contributed by atoms with van der Waals surface area (Å²) in [5, 5.41) is 8.59. The molecule has 0 saturated carbocycles. The number of aliphatic hydroxyl groups is 1. The fraction of sp³-hybridized carbons (Fsp3) is 0.800. The smallest absolute Gasteiger partial charge is 0.0431 e. The Morgan fingerprint density at radius 3 is 2.55 bits per heavy atom. The lowest BCUT2D eigenvalue weighted by Gasteiger charge is -2.12. The summed E-state index contributed by atoms with van der Waals surface area (Å²) >= 11 is 0. The Labute approximate surface area is 70.1 Å². The largest absolute Gasteiger partial charge is 0.396 e. The van der Waals surface area contributed by atoms with E-state index in [0.29, 0.717) is 12.5 Å². The molecule has 0 aromatic carbocycles. The van der Waals surface area contributed by atoms with Gasteiger partial charge in [0.1, 0.15) is 0 Å². The summed E-state index contributed by atoms with van der Waals surface area (Å²) in [7, 11) is 0. The average Bonchev–Trinajstić information content (AvgIpc) is 2.00.